The molecule has 2 atom stereocenters. The van der Waals surface area contributed by atoms with Crippen LogP contribution in [0.2, 0.25) is 0 Å². The molecule has 0 fully saturated rings. The van der Waals surface area contributed by atoms with E-state index < -0.39 is 17.7 Å². The maximum absolute atomic E-state index is 11.7. The Kier molecular flexibility index (Phi) is 7.40. The van der Waals surface area contributed by atoms with Crippen molar-refractivity contribution in [3.8, 4) is 0 Å². The highest BCUT2D eigenvalue weighted by Crippen LogP contribution is 2.26. The number of rotatable bonds is 10. The molecular formula is C17H26O4. The number of hydrogen-bond acceptors (Lipinski definition) is 3. The Hall–Kier alpha value is -1.39. The number of benzene rings is 1. The lowest BCUT2D eigenvalue weighted by molar-refractivity contribution is -0.178. The molecule has 1 rings (SSSR count). The predicted molar refractivity (Wildman–Crippen MR) is 82.3 cm³/mol. The summed E-state index contributed by atoms with van der Waals surface area (Å²) in [5.74, 6) is -1.11. The lowest BCUT2D eigenvalue weighted by Crippen LogP contribution is -2.53. The van der Waals surface area contributed by atoms with Gasteiger partial charge < -0.3 is 14.9 Å². The van der Waals surface area contributed by atoms with E-state index in [1.54, 1.807) is 0 Å². The molecule has 0 saturated heterocycles. The molecule has 0 saturated carbocycles. The topological polar surface area (TPSA) is 66.8 Å². The Balaban J connectivity index is 2.80. The highest BCUT2D eigenvalue weighted by Gasteiger charge is 2.45. The maximum Gasteiger partial charge on any atom is 0.339 e. The summed E-state index contributed by atoms with van der Waals surface area (Å²) in [6.45, 7) is 2.11. The lowest BCUT2D eigenvalue weighted by atomic mass is 9.86. The van der Waals surface area contributed by atoms with Gasteiger partial charge in [0.1, 0.15) is 0 Å². The zero-order chi connectivity index (χ0) is 15.7. The van der Waals surface area contributed by atoms with Crippen LogP contribution in [0, 0.1) is 0 Å². The van der Waals surface area contributed by atoms with E-state index in [9.17, 15) is 15.0 Å². The minimum atomic E-state index is -1.58. The summed E-state index contributed by atoms with van der Waals surface area (Å²) >= 11 is 0. The van der Waals surface area contributed by atoms with Gasteiger partial charge in [0.2, 0.25) is 0 Å². The summed E-state index contributed by atoms with van der Waals surface area (Å²) in [5, 5.41) is 20.0. The standard InChI is InChI=1S/C17H26O4/c1-3-4-5-9-12-15(18)17(21-2,16(19)20)13-14-10-7-6-8-11-14/h6-8,10-11,15,18H,3-5,9,12-13H2,1-2H3,(H,19,20). The summed E-state index contributed by atoms with van der Waals surface area (Å²) in [5.41, 5.74) is -0.734. The van der Waals surface area contributed by atoms with E-state index in [4.69, 9.17) is 4.74 Å². The van der Waals surface area contributed by atoms with Crippen molar-refractivity contribution >= 4 is 5.97 Å². The van der Waals surface area contributed by atoms with Crippen LogP contribution >= 0.6 is 0 Å². The van der Waals surface area contributed by atoms with E-state index in [0.717, 1.165) is 31.2 Å². The van der Waals surface area contributed by atoms with Crippen molar-refractivity contribution < 1.29 is 19.7 Å². The molecule has 2 N–H and O–H groups in total. The normalized spacial score (nSPS) is 15.4. The molecule has 0 aliphatic carbocycles. The van der Waals surface area contributed by atoms with Crippen molar-refractivity contribution in [1.29, 1.82) is 0 Å². The molecule has 0 bridgehead atoms. The van der Waals surface area contributed by atoms with Crippen molar-refractivity contribution in [2.45, 2.75) is 57.2 Å². The van der Waals surface area contributed by atoms with E-state index in [0.29, 0.717) is 6.42 Å². The van der Waals surface area contributed by atoms with Crippen LogP contribution in [0.5, 0.6) is 0 Å². The number of aliphatic hydroxyl groups is 1. The molecule has 1 aromatic rings. The van der Waals surface area contributed by atoms with Crippen molar-refractivity contribution in [3.63, 3.8) is 0 Å². The SMILES string of the molecule is CCCCCCC(O)C(Cc1ccccc1)(OC)C(=O)O. The van der Waals surface area contributed by atoms with Gasteiger partial charge in [0.15, 0.2) is 5.60 Å². The molecule has 0 radical (unpaired) electrons. The van der Waals surface area contributed by atoms with Crippen LogP contribution in [-0.2, 0) is 16.0 Å². The first-order valence-corrected chi connectivity index (χ1v) is 7.57. The summed E-state index contributed by atoms with van der Waals surface area (Å²) in [7, 11) is 1.35. The summed E-state index contributed by atoms with van der Waals surface area (Å²) in [6.07, 6.45) is 3.59. The summed E-state index contributed by atoms with van der Waals surface area (Å²) in [6, 6.07) is 9.28. The third kappa shape index (κ3) is 4.83. The molecule has 4 heteroatoms. The van der Waals surface area contributed by atoms with Crippen molar-refractivity contribution in [2.75, 3.05) is 7.11 Å². The average Bonchev–Trinajstić information content (AvgIpc) is 2.49. The van der Waals surface area contributed by atoms with Gasteiger partial charge >= 0.3 is 5.97 Å². The highest BCUT2D eigenvalue weighted by molar-refractivity contribution is 5.79. The second-order valence-electron chi connectivity index (χ2n) is 5.43. The fraction of sp³-hybridized carbons (Fsp3) is 0.588. The predicted octanol–water partition coefficient (Wildman–Crippen LogP) is 3.03. The third-order valence-electron chi connectivity index (χ3n) is 3.91. The molecule has 2 unspecified atom stereocenters. The van der Waals surface area contributed by atoms with Gasteiger partial charge in [-0.25, -0.2) is 4.79 Å². The van der Waals surface area contributed by atoms with Gasteiger partial charge in [0, 0.05) is 13.5 Å². The largest absolute Gasteiger partial charge is 0.479 e. The molecule has 0 amide bonds. The fourth-order valence-electron chi connectivity index (χ4n) is 2.53. The van der Waals surface area contributed by atoms with E-state index in [1.807, 2.05) is 30.3 Å². The molecule has 0 spiro atoms. The van der Waals surface area contributed by atoms with Gasteiger partial charge in [0.05, 0.1) is 6.10 Å². The number of methoxy groups -OCH3 is 1. The van der Waals surface area contributed by atoms with E-state index in [1.165, 1.54) is 7.11 Å². The Morgan fingerprint density at radius 1 is 1.24 bits per heavy atom. The van der Waals surface area contributed by atoms with Crippen molar-refractivity contribution in [1.82, 2.24) is 0 Å². The summed E-state index contributed by atoms with van der Waals surface area (Å²) in [4.78, 5) is 11.7. The molecule has 4 nitrogen and oxygen atoms in total. The Morgan fingerprint density at radius 3 is 2.43 bits per heavy atom. The van der Waals surface area contributed by atoms with Crippen molar-refractivity contribution in [3.05, 3.63) is 35.9 Å². The number of aliphatic hydroxyl groups excluding tert-OH is 1. The first-order valence-electron chi connectivity index (χ1n) is 7.57. The van der Waals surface area contributed by atoms with Gasteiger partial charge in [-0.3, -0.25) is 0 Å². The Bertz CT molecular complexity index is 418. The van der Waals surface area contributed by atoms with E-state index >= 15 is 0 Å². The smallest absolute Gasteiger partial charge is 0.339 e. The zero-order valence-electron chi connectivity index (χ0n) is 12.9. The molecular weight excluding hydrogens is 268 g/mol. The van der Waals surface area contributed by atoms with Crippen LogP contribution in [0.1, 0.15) is 44.6 Å². The number of carbonyl (C=O) groups is 1. The molecule has 0 aromatic heterocycles. The van der Waals surface area contributed by atoms with Gasteiger partial charge in [-0.1, -0.05) is 62.9 Å². The third-order valence-corrected chi connectivity index (χ3v) is 3.91. The molecule has 118 valence electrons. The Labute approximate surface area is 126 Å². The fourth-order valence-corrected chi connectivity index (χ4v) is 2.53. The second-order valence-corrected chi connectivity index (χ2v) is 5.43. The molecule has 0 heterocycles. The Morgan fingerprint density at radius 2 is 1.90 bits per heavy atom. The number of aliphatic carboxylic acids is 1. The van der Waals surface area contributed by atoms with Crippen LogP contribution in [0.25, 0.3) is 0 Å². The first-order chi connectivity index (χ1) is 10.1. The molecule has 0 aliphatic rings. The minimum Gasteiger partial charge on any atom is -0.479 e. The quantitative estimate of drug-likeness (QED) is 0.651. The van der Waals surface area contributed by atoms with Gasteiger partial charge in [-0.2, -0.15) is 0 Å². The van der Waals surface area contributed by atoms with Crippen LogP contribution in [0.4, 0.5) is 0 Å². The van der Waals surface area contributed by atoms with Crippen LogP contribution in [-0.4, -0.2) is 35.0 Å². The van der Waals surface area contributed by atoms with E-state index in [-0.39, 0.29) is 6.42 Å². The van der Waals surface area contributed by atoms with Gasteiger partial charge in [0.25, 0.3) is 0 Å². The number of carboxylic acid groups (broad SMARTS) is 1. The molecule has 1 aromatic carbocycles. The lowest BCUT2D eigenvalue weighted by Gasteiger charge is -2.33. The monoisotopic (exact) mass is 294 g/mol. The molecule has 21 heavy (non-hydrogen) atoms. The average molecular weight is 294 g/mol. The summed E-state index contributed by atoms with van der Waals surface area (Å²) < 4.78 is 5.27. The number of ether oxygens (including phenoxy) is 1. The zero-order valence-corrected chi connectivity index (χ0v) is 12.9. The number of hydrogen-bond donors (Lipinski definition) is 2. The minimum absolute atomic E-state index is 0.161. The maximum atomic E-state index is 11.7. The van der Waals surface area contributed by atoms with Crippen LogP contribution in [0.3, 0.4) is 0 Å². The molecule has 0 aliphatic heterocycles. The first kappa shape index (κ1) is 17.7. The second kappa shape index (κ2) is 8.80. The van der Waals surface area contributed by atoms with Gasteiger partial charge in [-0.05, 0) is 12.0 Å². The van der Waals surface area contributed by atoms with Gasteiger partial charge in [-0.15, -0.1) is 0 Å². The number of carboxylic acids is 1. The highest BCUT2D eigenvalue weighted by atomic mass is 16.5. The van der Waals surface area contributed by atoms with Crippen LogP contribution < -0.4 is 0 Å². The van der Waals surface area contributed by atoms with E-state index in [2.05, 4.69) is 6.92 Å². The number of unbranched alkanes of at least 4 members (excludes halogenated alkanes) is 3. The van der Waals surface area contributed by atoms with Crippen molar-refractivity contribution in [2.24, 2.45) is 0 Å². The van der Waals surface area contributed by atoms with Crippen LogP contribution in [0.15, 0.2) is 30.3 Å².